The van der Waals surface area contributed by atoms with Crippen molar-refractivity contribution in [3.63, 3.8) is 0 Å². The molecule has 2 aliphatic rings. The third kappa shape index (κ3) is 4.22. The van der Waals surface area contributed by atoms with Crippen LogP contribution in [0.5, 0.6) is 0 Å². The summed E-state index contributed by atoms with van der Waals surface area (Å²) in [5.41, 5.74) is 0.975. The predicted molar refractivity (Wildman–Crippen MR) is 98.2 cm³/mol. The number of hydrazone groups is 1. The number of carboxylic acids is 1. The van der Waals surface area contributed by atoms with Gasteiger partial charge in [-0.15, -0.1) is 0 Å². The van der Waals surface area contributed by atoms with E-state index in [1.165, 1.54) is 5.01 Å². The number of hydrogen-bond acceptors (Lipinski definition) is 5. The van der Waals surface area contributed by atoms with Crippen LogP contribution in [0.2, 0.25) is 0 Å². The maximum absolute atomic E-state index is 12.7. The Labute approximate surface area is 153 Å². The van der Waals surface area contributed by atoms with E-state index in [0.717, 1.165) is 32.5 Å². The number of anilines is 1. The number of amides is 1. The fraction of sp³-hybridized carbons (Fsp3) is 0.526. The van der Waals surface area contributed by atoms with E-state index in [4.69, 9.17) is 4.74 Å². The van der Waals surface area contributed by atoms with E-state index in [9.17, 15) is 14.7 Å². The molecule has 0 spiro atoms. The van der Waals surface area contributed by atoms with Gasteiger partial charge in [0.05, 0.1) is 5.69 Å². The van der Waals surface area contributed by atoms with Crippen LogP contribution in [0.25, 0.3) is 0 Å². The van der Waals surface area contributed by atoms with Crippen molar-refractivity contribution in [2.75, 3.05) is 31.8 Å². The van der Waals surface area contributed by atoms with Gasteiger partial charge in [0, 0.05) is 33.2 Å². The van der Waals surface area contributed by atoms with Crippen molar-refractivity contribution >= 4 is 23.3 Å². The second-order valence-corrected chi connectivity index (χ2v) is 6.86. The molecule has 1 N–H and O–H groups in total. The van der Waals surface area contributed by atoms with E-state index >= 15 is 0 Å². The van der Waals surface area contributed by atoms with Gasteiger partial charge in [0.1, 0.15) is 5.71 Å². The third-order valence-electron chi connectivity index (χ3n) is 5.02. The van der Waals surface area contributed by atoms with E-state index in [-0.39, 0.29) is 12.3 Å². The Morgan fingerprint density at radius 2 is 1.96 bits per heavy atom. The van der Waals surface area contributed by atoms with Crippen LogP contribution >= 0.6 is 0 Å². The highest BCUT2D eigenvalue weighted by Crippen LogP contribution is 2.25. The van der Waals surface area contributed by atoms with Crippen molar-refractivity contribution in [2.24, 2.45) is 11.0 Å². The van der Waals surface area contributed by atoms with Crippen molar-refractivity contribution in [3.8, 4) is 0 Å². The number of para-hydroxylation sites is 1. The number of nitrogens with zero attached hydrogens (tertiary/aromatic N) is 3. The van der Waals surface area contributed by atoms with Gasteiger partial charge in [-0.25, -0.2) is 4.79 Å². The van der Waals surface area contributed by atoms with Gasteiger partial charge in [0.15, 0.2) is 6.04 Å². The molecule has 7 heteroatoms. The van der Waals surface area contributed by atoms with Crippen molar-refractivity contribution in [1.82, 2.24) is 4.90 Å². The van der Waals surface area contributed by atoms with E-state index in [2.05, 4.69) is 5.10 Å². The molecule has 2 heterocycles. The zero-order chi connectivity index (χ0) is 18.5. The van der Waals surface area contributed by atoms with Crippen molar-refractivity contribution < 1.29 is 19.4 Å². The molecule has 26 heavy (non-hydrogen) atoms. The molecular weight excluding hydrogens is 334 g/mol. The first-order chi connectivity index (χ1) is 12.6. The number of benzene rings is 1. The van der Waals surface area contributed by atoms with E-state index in [1.54, 1.807) is 24.1 Å². The Hall–Kier alpha value is -2.41. The average Bonchev–Trinajstić information content (AvgIpc) is 3.13. The summed E-state index contributed by atoms with van der Waals surface area (Å²) in [6.45, 7) is 2.23. The summed E-state index contributed by atoms with van der Waals surface area (Å²) < 4.78 is 5.36. The second-order valence-electron chi connectivity index (χ2n) is 6.86. The molecule has 1 aromatic carbocycles. The molecule has 1 saturated heterocycles. The number of carbonyl (C=O) groups excluding carboxylic acids is 1. The summed E-state index contributed by atoms with van der Waals surface area (Å²) in [5.74, 6) is -0.593. The molecule has 0 bridgehead atoms. The number of carboxylic acid groups (broad SMARTS) is 1. The maximum Gasteiger partial charge on any atom is 0.328 e. The lowest BCUT2D eigenvalue weighted by atomic mass is 9.96. The molecule has 0 radical (unpaired) electrons. The molecule has 2 aliphatic heterocycles. The smallest absolute Gasteiger partial charge is 0.328 e. The maximum atomic E-state index is 12.7. The Bertz CT molecular complexity index is 671. The third-order valence-corrected chi connectivity index (χ3v) is 5.02. The lowest BCUT2D eigenvalue weighted by Gasteiger charge is -2.24. The second kappa shape index (κ2) is 8.31. The standard InChI is InChI=1S/C19H25N3O4/c1-21(10-7-14-8-11-26-12-9-14)18(23)16-13-17(19(24)25)22(20-16)15-5-3-2-4-6-15/h2-6,14,17H,7-13H2,1H3,(H,24,25). The quantitative estimate of drug-likeness (QED) is 0.840. The van der Waals surface area contributed by atoms with Gasteiger partial charge in [-0.2, -0.15) is 5.10 Å². The van der Waals surface area contributed by atoms with E-state index < -0.39 is 12.0 Å². The summed E-state index contributed by atoms with van der Waals surface area (Å²) in [5, 5.41) is 15.3. The largest absolute Gasteiger partial charge is 0.480 e. The highest BCUT2D eigenvalue weighted by atomic mass is 16.5. The van der Waals surface area contributed by atoms with Crippen LogP contribution in [0.4, 0.5) is 5.69 Å². The molecule has 0 saturated carbocycles. The first-order valence-electron chi connectivity index (χ1n) is 9.04. The highest BCUT2D eigenvalue weighted by molar-refractivity contribution is 6.40. The topological polar surface area (TPSA) is 82.4 Å². The van der Waals surface area contributed by atoms with Gasteiger partial charge < -0.3 is 14.7 Å². The monoisotopic (exact) mass is 359 g/mol. The van der Waals surface area contributed by atoms with E-state index in [0.29, 0.717) is 23.9 Å². The Kier molecular flexibility index (Phi) is 5.88. The van der Waals surface area contributed by atoms with Crippen LogP contribution in [0, 0.1) is 5.92 Å². The molecule has 3 rings (SSSR count). The Morgan fingerprint density at radius 1 is 1.27 bits per heavy atom. The zero-order valence-corrected chi connectivity index (χ0v) is 15.0. The highest BCUT2D eigenvalue weighted by Gasteiger charge is 2.37. The van der Waals surface area contributed by atoms with Crippen LogP contribution < -0.4 is 5.01 Å². The van der Waals surface area contributed by atoms with Gasteiger partial charge in [-0.1, -0.05) is 18.2 Å². The lowest BCUT2D eigenvalue weighted by Crippen LogP contribution is -2.36. The molecule has 1 aromatic rings. The summed E-state index contributed by atoms with van der Waals surface area (Å²) >= 11 is 0. The van der Waals surface area contributed by atoms with Crippen molar-refractivity contribution in [2.45, 2.75) is 31.7 Å². The minimum atomic E-state index is -0.981. The number of carbonyl (C=O) groups is 2. The first kappa shape index (κ1) is 18.4. The lowest BCUT2D eigenvalue weighted by molar-refractivity contribution is -0.138. The fourth-order valence-corrected chi connectivity index (χ4v) is 3.38. The minimum absolute atomic E-state index is 0.116. The summed E-state index contributed by atoms with van der Waals surface area (Å²) in [6, 6.07) is 8.24. The molecule has 140 valence electrons. The molecule has 1 atom stereocenters. The summed E-state index contributed by atoms with van der Waals surface area (Å²) in [7, 11) is 1.76. The van der Waals surface area contributed by atoms with E-state index in [1.807, 2.05) is 18.2 Å². The molecule has 1 fully saturated rings. The van der Waals surface area contributed by atoms with Crippen LogP contribution in [0.1, 0.15) is 25.7 Å². The average molecular weight is 359 g/mol. The van der Waals surface area contributed by atoms with Crippen LogP contribution in [0.3, 0.4) is 0 Å². The van der Waals surface area contributed by atoms with Gasteiger partial charge in [-0.05, 0) is 37.3 Å². The number of rotatable bonds is 6. The van der Waals surface area contributed by atoms with Crippen molar-refractivity contribution in [3.05, 3.63) is 30.3 Å². The number of aliphatic carboxylic acids is 1. The zero-order valence-electron chi connectivity index (χ0n) is 15.0. The molecule has 0 aromatic heterocycles. The Balaban J connectivity index is 1.65. The van der Waals surface area contributed by atoms with Crippen molar-refractivity contribution in [1.29, 1.82) is 0 Å². The number of ether oxygens (including phenoxy) is 1. The van der Waals surface area contributed by atoms with Gasteiger partial charge >= 0.3 is 5.97 Å². The normalized spacial score (nSPS) is 20.7. The first-order valence-corrected chi connectivity index (χ1v) is 9.04. The summed E-state index contributed by atoms with van der Waals surface area (Å²) in [4.78, 5) is 26.0. The Morgan fingerprint density at radius 3 is 2.62 bits per heavy atom. The predicted octanol–water partition coefficient (Wildman–Crippen LogP) is 1.98. The summed E-state index contributed by atoms with van der Waals surface area (Å²) in [6.07, 6.45) is 3.12. The molecule has 1 amide bonds. The minimum Gasteiger partial charge on any atom is -0.480 e. The van der Waals surface area contributed by atoms with Gasteiger partial charge in [0.25, 0.3) is 5.91 Å². The fourth-order valence-electron chi connectivity index (χ4n) is 3.38. The van der Waals surface area contributed by atoms with Crippen LogP contribution in [-0.2, 0) is 14.3 Å². The molecule has 7 nitrogen and oxygen atoms in total. The molecule has 1 unspecified atom stereocenters. The van der Waals surface area contributed by atoms with Crippen LogP contribution in [-0.4, -0.2) is 60.4 Å². The van der Waals surface area contributed by atoms with Crippen LogP contribution in [0.15, 0.2) is 35.4 Å². The van der Waals surface area contributed by atoms with Gasteiger partial charge in [0.2, 0.25) is 0 Å². The SMILES string of the molecule is CN(CCC1CCOCC1)C(=O)C1=NN(c2ccccc2)C(C(=O)O)C1. The van der Waals surface area contributed by atoms with Gasteiger partial charge in [-0.3, -0.25) is 9.80 Å². The molecular formula is C19H25N3O4. The molecule has 0 aliphatic carbocycles. The number of hydrogen-bond donors (Lipinski definition) is 1.